The number of carbonyl (C=O) groups is 1. The molecule has 0 saturated carbocycles. The summed E-state index contributed by atoms with van der Waals surface area (Å²) in [6.07, 6.45) is 10.3. The number of hydrogen-bond acceptors (Lipinski definition) is 3. The first kappa shape index (κ1) is 17.5. The zero-order chi connectivity index (χ0) is 18.0. The highest BCUT2D eigenvalue weighted by Crippen LogP contribution is 2.36. The molecule has 0 unspecified atom stereocenters. The largest absolute Gasteiger partial charge is 0.454 e. The summed E-state index contributed by atoms with van der Waals surface area (Å²) in [6.45, 7) is 6.29. The lowest BCUT2D eigenvalue weighted by Gasteiger charge is -2.17. The van der Waals surface area contributed by atoms with E-state index in [1.54, 1.807) is 0 Å². The van der Waals surface area contributed by atoms with E-state index in [1.165, 1.54) is 11.1 Å². The van der Waals surface area contributed by atoms with Crippen LogP contribution in [-0.4, -0.2) is 12.1 Å². The van der Waals surface area contributed by atoms with E-state index < -0.39 is 0 Å². The number of hydrogen-bond donors (Lipinski definition) is 1. The number of aryl methyl sites for hydroxylation is 1. The molecule has 2 aliphatic rings. The highest BCUT2D eigenvalue weighted by Gasteiger charge is 2.38. The number of nitrogen functional groups attached to an aromatic ring is 1. The first-order valence-electron chi connectivity index (χ1n) is 9.05. The van der Waals surface area contributed by atoms with Crippen LogP contribution < -0.4 is 5.73 Å². The van der Waals surface area contributed by atoms with E-state index >= 15 is 0 Å². The summed E-state index contributed by atoms with van der Waals surface area (Å²) < 4.78 is 5.71. The molecule has 1 fully saturated rings. The Bertz CT molecular complexity index is 770. The molecule has 1 aliphatic heterocycles. The molecule has 1 aromatic rings. The topological polar surface area (TPSA) is 52.3 Å². The quantitative estimate of drug-likeness (QED) is 0.341. The lowest BCUT2D eigenvalue weighted by Crippen LogP contribution is -2.15. The van der Waals surface area contributed by atoms with Gasteiger partial charge in [-0.05, 0) is 81.9 Å². The van der Waals surface area contributed by atoms with Crippen molar-refractivity contribution in [3.05, 3.63) is 58.2 Å². The van der Waals surface area contributed by atoms with Gasteiger partial charge in [0, 0.05) is 17.2 Å². The average molecular weight is 337 g/mol. The average Bonchev–Trinajstić information content (AvgIpc) is 2.84. The number of fused-ring (bicyclic) bond motifs is 1. The summed E-state index contributed by atoms with van der Waals surface area (Å²) in [6, 6.07) is 5.88. The molecule has 0 amide bonds. The van der Waals surface area contributed by atoms with Crippen molar-refractivity contribution in [2.24, 2.45) is 5.92 Å². The molecule has 0 aromatic heterocycles. The van der Waals surface area contributed by atoms with E-state index in [4.69, 9.17) is 10.5 Å². The molecule has 132 valence electrons. The summed E-state index contributed by atoms with van der Waals surface area (Å²) in [5, 5.41) is 0. The van der Waals surface area contributed by atoms with Crippen LogP contribution in [0.5, 0.6) is 0 Å². The van der Waals surface area contributed by atoms with Gasteiger partial charge in [0.1, 0.15) is 6.10 Å². The summed E-state index contributed by atoms with van der Waals surface area (Å²) in [7, 11) is 0. The minimum absolute atomic E-state index is 0.113. The number of benzene rings is 1. The Labute approximate surface area is 150 Å². The predicted octanol–water partition coefficient (Wildman–Crippen LogP) is 4.97. The van der Waals surface area contributed by atoms with Gasteiger partial charge in [0.25, 0.3) is 0 Å². The van der Waals surface area contributed by atoms with Crippen LogP contribution in [0.4, 0.5) is 5.69 Å². The Hall–Kier alpha value is -2.29. The fourth-order valence-electron chi connectivity index (χ4n) is 3.60. The van der Waals surface area contributed by atoms with E-state index in [2.05, 4.69) is 26.0 Å². The molecular formula is C22H27NO2. The molecule has 1 saturated heterocycles. The molecule has 1 heterocycles. The molecule has 0 bridgehead atoms. The van der Waals surface area contributed by atoms with E-state index in [1.807, 2.05) is 31.2 Å². The Morgan fingerprint density at radius 3 is 2.72 bits per heavy atom. The SMILES string of the molecule is C/C1=C/[C@H]2OC(=O)/C(=C/c3ccc(N)c(C)c3)[C@H]2CC/C(C)=C\CC1. The maximum atomic E-state index is 12.5. The third kappa shape index (κ3) is 4.04. The van der Waals surface area contributed by atoms with Crippen molar-refractivity contribution in [1.29, 1.82) is 0 Å². The molecule has 2 N–H and O–H groups in total. The van der Waals surface area contributed by atoms with Crippen molar-refractivity contribution in [1.82, 2.24) is 0 Å². The van der Waals surface area contributed by atoms with Gasteiger partial charge in [-0.25, -0.2) is 4.79 Å². The number of allylic oxidation sites excluding steroid dienone is 3. The number of ether oxygens (including phenoxy) is 1. The van der Waals surface area contributed by atoms with Gasteiger partial charge in [0.05, 0.1) is 0 Å². The monoisotopic (exact) mass is 337 g/mol. The fourth-order valence-corrected chi connectivity index (χ4v) is 3.60. The Kier molecular flexibility index (Phi) is 5.12. The molecule has 3 rings (SSSR count). The molecule has 1 aromatic carbocycles. The zero-order valence-electron chi connectivity index (χ0n) is 15.3. The van der Waals surface area contributed by atoms with Crippen molar-refractivity contribution in [2.45, 2.75) is 52.6 Å². The van der Waals surface area contributed by atoms with Crippen LogP contribution in [-0.2, 0) is 9.53 Å². The summed E-state index contributed by atoms with van der Waals surface area (Å²) >= 11 is 0. The lowest BCUT2D eigenvalue weighted by atomic mass is 9.86. The second-order valence-corrected chi connectivity index (χ2v) is 7.33. The Morgan fingerprint density at radius 1 is 1.16 bits per heavy atom. The molecule has 0 radical (unpaired) electrons. The minimum atomic E-state index is -0.186. The van der Waals surface area contributed by atoms with Gasteiger partial charge in [-0.1, -0.05) is 23.3 Å². The van der Waals surface area contributed by atoms with Crippen LogP contribution in [0.25, 0.3) is 6.08 Å². The summed E-state index contributed by atoms with van der Waals surface area (Å²) in [5.74, 6) is -0.0730. The maximum Gasteiger partial charge on any atom is 0.335 e. The first-order valence-corrected chi connectivity index (χ1v) is 9.05. The normalized spacial score (nSPS) is 30.0. The van der Waals surface area contributed by atoms with Crippen LogP contribution in [0.3, 0.4) is 0 Å². The molecule has 3 heteroatoms. The van der Waals surface area contributed by atoms with Gasteiger partial charge < -0.3 is 10.5 Å². The highest BCUT2D eigenvalue weighted by molar-refractivity contribution is 5.96. The summed E-state index contributed by atoms with van der Waals surface area (Å²) in [4.78, 5) is 12.5. The van der Waals surface area contributed by atoms with Crippen molar-refractivity contribution in [2.75, 3.05) is 5.73 Å². The van der Waals surface area contributed by atoms with Gasteiger partial charge in [0.2, 0.25) is 0 Å². The molecule has 3 nitrogen and oxygen atoms in total. The van der Waals surface area contributed by atoms with Crippen LogP contribution in [0.15, 0.2) is 47.1 Å². The van der Waals surface area contributed by atoms with Crippen LogP contribution >= 0.6 is 0 Å². The zero-order valence-corrected chi connectivity index (χ0v) is 15.3. The van der Waals surface area contributed by atoms with Gasteiger partial charge in [-0.3, -0.25) is 0 Å². The first-order chi connectivity index (χ1) is 11.9. The van der Waals surface area contributed by atoms with E-state index in [9.17, 15) is 4.79 Å². The lowest BCUT2D eigenvalue weighted by molar-refractivity contribution is -0.137. The van der Waals surface area contributed by atoms with E-state index in [-0.39, 0.29) is 18.0 Å². The van der Waals surface area contributed by atoms with Crippen molar-refractivity contribution in [3.8, 4) is 0 Å². The molecular weight excluding hydrogens is 310 g/mol. The smallest absolute Gasteiger partial charge is 0.335 e. The molecule has 2 atom stereocenters. The molecule has 0 spiro atoms. The van der Waals surface area contributed by atoms with Gasteiger partial charge in [0.15, 0.2) is 0 Å². The molecule has 1 aliphatic carbocycles. The predicted molar refractivity (Wildman–Crippen MR) is 103 cm³/mol. The van der Waals surface area contributed by atoms with Crippen LogP contribution in [0.1, 0.15) is 50.7 Å². The van der Waals surface area contributed by atoms with Crippen molar-refractivity contribution in [3.63, 3.8) is 0 Å². The maximum absolute atomic E-state index is 12.5. The van der Waals surface area contributed by atoms with E-state index in [0.29, 0.717) is 0 Å². The third-order valence-electron chi connectivity index (χ3n) is 5.22. The minimum Gasteiger partial charge on any atom is -0.454 e. The van der Waals surface area contributed by atoms with Gasteiger partial charge >= 0.3 is 5.97 Å². The standard InChI is InChI=1S/C22H27NO2/c1-14-5-4-6-15(2)11-21-18(9-7-14)19(22(24)25-21)13-17-8-10-20(23)16(3)12-17/h5,8,10-13,18,21H,4,6-7,9,23H2,1-3H3/b14-5-,15-11-,19-13+/t18-,21-/m1/s1. The second-order valence-electron chi connectivity index (χ2n) is 7.33. The third-order valence-corrected chi connectivity index (χ3v) is 5.22. The van der Waals surface area contributed by atoms with Crippen molar-refractivity contribution >= 4 is 17.7 Å². The Balaban J connectivity index is 1.95. The summed E-state index contributed by atoms with van der Waals surface area (Å²) in [5.41, 5.74) is 12.2. The fraction of sp³-hybridized carbons (Fsp3) is 0.409. The Morgan fingerprint density at radius 2 is 1.96 bits per heavy atom. The second kappa shape index (κ2) is 7.30. The number of rotatable bonds is 1. The highest BCUT2D eigenvalue weighted by atomic mass is 16.5. The van der Waals surface area contributed by atoms with Gasteiger partial charge in [-0.2, -0.15) is 0 Å². The number of anilines is 1. The van der Waals surface area contributed by atoms with Gasteiger partial charge in [-0.15, -0.1) is 0 Å². The molecule has 25 heavy (non-hydrogen) atoms. The number of nitrogens with two attached hydrogens (primary N) is 1. The van der Waals surface area contributed by atoms with Crippen LogP contribution in [0, 0.1) is 12.8 Å². The number of esters is 1. The van der Waals surface area contributed by atoms with Crippen LogP contribution in [0.2, 0.25) is 0 Å². The van der Waals surface area contributed by atoms with Crippen molar-refractivity contribution < 1.29 is 9.53 Å². The number of carbonyl (C=O) groups excluding carboxylic acids is 1. The van der Waals surface area contributed by atoms with E-state index in [0.717, 1.165) is 48.1 Å².